The fourth-order valence-corrected chi connectivity index (χ4v) is 2.46. The van der Waals surface area contributed by atoms with Crippen LogP contribution in [-0.2, 0) is 23.8 Å². The van der Waals surface area contributed by atoms with Gasteiger partial charge in [0.1, 0.15) is 11.7 Å². The summed E-state index contributed by atoms with van der Waals surface area (Å²) < 4.78 is 16.0. The van der Waals surface area contributed by atoms with Crippen LogP contribution in [0.15, 0.2) is 30.3 Å². The number of rotatable bonds is 4. The Kier molecular flexibility index (Phi) is 4.76. The molecule has 0 bridgehead atoms. The number of hydrogen-bond acceptors (Lipinski definition) is 5. The summed E-state index contributed by atoms with van der Waals surface area (Å²) >= 11 is 0. The van der Waals surface area contributed by atoms with E-state index in [0.29, 0.717) is 0 Å². The Morgan fingerprint density at radius 3 is 2.57 bits per heavy atom. The smallest absolute Gasteiger partial charge is 0.384 e. The molecule has 1 aromatic carbocycles. The van der Waals surface area contributed by atoms with Gasteiger partial charge in [-0.05, 0) is 32.3 Å². The van der Waals surface area contributed by atoms with Gasteiger partial charge in [-0.25, -0.2) is 4.79 Å². The average Bonchev–Trinajstić information content (AvgIpc) is 3.20. The summed E-state index contributed by atoms with van der Waals surface area (Å²) in [6.45, 7) is 6.68. The molecule has 0 aromatic heterocycles. The fraction of sp³-hybridized carbons (Fsp3) is 0.444. The zero-order valence-corrected chi connectivity index (χ0v) is 13.7. The van der Waals surface area contributed by atoms with Crippen molar-refractivity contribution in [1.82, 2.24) is 0 Å². The Morgan fingerprint density at radius 2 is 2.00 bits per heavy atom. The predicted octanol–water partition coefficient (Wildman–Crippen LogP) is 2.40. The van der Waals surface area contributed by atoms with E-state index in [1.54, 1.807) is 13.8 Å². The van der Waals surface area contributed by atoms with E-state index in [0.717, 1.165) is 5.56 Å². The molecule has 0 unspecified atom stereocenters. The van der Waals surface area contributed by atoms with E-state index in [9.17, 15) is 9.59 Å². The number of esters is 2. The maximum Gasteiger partial charge on any atom is 0.384 e. The summed E-state index contributed by atoms with van der Waals surface area (Å²) in [5.41, 5.74) is -1.13. The van der Waals surface area contributed by atoms with Crippen molar-refractivity contribution < 1.29 is 23.8 Å². The summed E-state index contributed by atoms with van der Waals surface area (Å²) in [5.74, 6) is 3.95. The second kappa shape index (κ2) is 6.43. The molecule has 122 valence electrons. The van der Waals surface area contributed by atoms with Crippen LogP contribution in [0.4, 0.5) is 0 Å². The Bertz CT molecular complexity index is 657. The van der Waals surface area contributed by atoms with Crippen LogP contribution in [0.25, 0.3) is 0 Å². The standard InChI is InChI=1S/C18H20O5/c1-5-21-15(20)11-12-17(3,22-13(2)19)18(4)16(23-18)14-9-7-6-8-10-14/h6-10,16H,5H2,1-4H3/t16-,17-,18+/m0/s1. The highest BCUT2D eigenvalue weighted by atomic mass is 16.7. The molecule has 3 atom stereocenters. The van der Waals surface area contributed by atoms with Crippen LogP contribution in [0.5, 0.6) is 0 Å². The molecule has 1 fully saturated rings. The molecule has 0 aliphatic carbocycles. The molecule has 0 spiro atoms. The molecule has 0 N–H and O–H groups in total. The van der Waals surface area contributed by atoms with Crippen molar-refractivity contribution in [3.63, 3.8) is 0 Å². The number of hydrogen-bond donors (Lipinski definition) is 0. The Balaban J connectivity index is 2.28. The maximum absolute atomic E-state index is 11.5. The van der Waals surface area contributed by atoms with Gasteiger partial charge in [-0.1, -0.05) is 30.3 Å². The molecule has 0 saturated carbocycles. The first-order valence-corrected chi connectivity index (χ1v) is 7.44. The average molecular weight is 316 g/mol. The van der Waals surface area contributed by atoms with Crippen LogP contribution >= 0.6 is 0 Å². The lowest BCUT2D eigenvalue weighted by molar-refractivity contribution is -0.155. The number of carbonyl (C=O) groups excluding carboxylic acids is 2. The fourth-order valence-electron chi connectivity index (χ4n) is 2.46. The van der Waals surface area contributed by atoms with Crippen molar-refractivity contribution in [1.29, 1.82) is 0 Å². The lowest BCUT2D eigenvalue weighted by atomic mass is 9.85. The molecule has 23 heavy (non-hydrogen) atoms. The van der Waals surface area contributed by atoms with Crippen LogP contribution in [-0.4, -0.2) is 29.7 Å². The third kappa shape index (κ3) is 3.54. The van der Waals surface area contributed by atoms with E-state index in [4.69, 9.17) is 14.2 Å². The SMILES string of the molecule is CCOC(=O)C#C[C@](C)(OC(C)=O)[C@]1(C)O[C@H]1c1ccccc1. The van der Waals surface area contributed by atoms with Crippen molar-refractivity contribution in [2.24, 2.45) is 0 Å². The first-order chi connectivity index (χ1) is 10.8. The first kappa shape index (κ1) is 17.0. The Hall–Kier alpha value is -2.32. The van der Waals surface area contributed by atoms with Gasteiger partial charge in [0.05, 0.1) is 6.61 Å². The molecule has 1 aliphatic rings. The maximum atomic E-state index is 11.5. The van der Waals surface area contributed by atoms with Gasteiger partial charge in [-0.2, -0.15) is 0 Å². The monoisotopic (exact) mass is 316 g/mol. The highest BCUT2D eigenvalue weighted by molar-refractivity contribution is 5.88. The normalized spacial score (nSPS) is 24.6. The van der Waals surface area contributed by atoms with Crippen LogP contribution in [0, 0.1) is 11.8 Å². The van der Waals surface area contributed by atoms with Gasteiger partial charge in [-0.3, -0.25) is 4.79 Å². The van der Waals surface area contributed by atoms with Crippen molar-refractivity contribution in [2.45, 2.75) is 45.0 Å². The molecule has 1 aliphatic heterocycles. The third-order valence-electron chi connectivity index (χ3n) is 3.88. The van der Waals surface area contributed by atoms with E-state index < -0.39 is 23.1 Å². The van der Waals surface area contributed by atoms with Crippen LogP contribution in [0.2, 0.25) is 0 Å². The molecule has 5 heteroatoms. The van der Waals surface area contributed by atoms with Gasteiger partial charge in [0, 0.05) is 12.8 Å². The summed E-state index contributed by atoms with van der Waals surface area (Å²) in [6.07, 6.45) is -0.260. The van der Waals surface area contributed by atoms with Gasteiger partial charge in [0.15, 0.2) is 0 Å². The number of benzene rings is 1. The number of carbonyl (C=O) groups is 2. The number of epoxide rings is 1. The lowest BCUT2D eigenvalue weighted by Gasteiger charge is -2.28. The second-order valence-corrected chi connectivity index (χ2v) is 5.61. The molecular weight excluding hydrogens is 296 g/mol. The van der Waals surface area contributed by atoms with E-state index in [2.05, 4.69) is 11.8 Å². The van der Waals surface area contributed by atoms with Gasteiger partial charge >= 0.3 is 11.9 Å². The van der Waals surface area contributed by atoms with Crippen molar-refractivity contribution in [2.75, 3.05) is 6.61 Å². The molecule has 5 nitrogen and oxygen atoms in total. The molecule has 1 aromatic rings. The van der Waals surface area contributed by atoms with Crippen LogP contribution in [0.3, 0.4) is 0 Å². The zero-order valence-electron chi connectivity index (χ0n) is 13.7. The third-order valence-corrected chi connectivity index (χ3v) is 3.88. The number of ether oxygens (including phenoxy) is 3. The van der Waals surface area contributed by atoms with Gasteiger partial charge in [-0.15, -0.1) is 0 Å². The van der Waals surface area contributed by atoms with E-state index in [-0.39, 0.29) is 12.7 Å². The molecule has 0 amide bonds. The van der Waals surface area contributed by atoms with Crippen LogP contribution < -0.4 is 0 Å². The first-order valence-electron chi connectivity index (χ1n) is 7.44. The minimum absolute atomic E-state index is 0.234. The molecule has 2 rings (SSSR count). The molecule has 1 heterocycles. The van der Waals surface area contributed by atoms with E-state index in [1.165, 1.54) is 6.92 Å². The molecular formula is C18H20O5. The van der Waals surface area contributed by atoms with Crippen molar-refractivity contribution in [3.05, 3.63) is 35.9 Å². The largest absolute Gasteiger partial charge is 0.456 e. The Morgan fingerprint density at radius 1 is 1.35 bits per heavy atom. The Labute approximate surface area is 135 Å². The lowest BCUT2D eigenvalue weighted by Crippen LogP contribution is -2.44. The van der Waals surface area contributed by atoms with Crippen molar-refractivity contribution in [3.8, 4) is 11.8 Å². The van der Waals surface area contributed by atoms with Crippen LogP contribution in [0.1, 0.15) is 39.4 Å². The highest BCUT2D eigenvalue weighted by Crippen LogP contribution is 2.56. The zero-order chi connectivity index (χ0) is 17.1. The van der Waals surface area contributed by atoms with E-state index in [1.807, 2.05) is 37.3 Å². The van der Waals surface area contributed by atoms with Gasteiger partial charge < -0.3 is 14.2 Å². The van der Waals surface area contributed by atoms with Gasteiger partial charge in [0.25, 0.3) is 0 Å². The molecule has 0 radical (unpaired) electrons. The quantitative estimate of drug-likeness (QED) is 0.369. The summed E-state index contributed by atoms with van der Waals surface area (Å²) in [5, 5.41) is 0. The minimum Gasteiger partial charge on any atom is -0.456 e. The topological polar surface area (TPSA) is 65.1 Å². The summed E-state index contributed by atoms with van der Waals surface area (Å²) in [6, 6.07) is 9.59. The second-order valence-electron chi connectivity index (χ2n) is 5.61. The predicted molar refractivity (Wildman–Crippen MR) is 83.3 cm³/mol. The summed E-state index contributed by atoms with van der Waals surface area (Å²) in [4.78, 5) is 23.0. The summed E-state index contributed by atoms with van der Waals surface area (Å²) in [7, 11) is 0. The highest BCUT2D eigenvalue weighted by Gasteiger charge is 2.66. The van der Waals surface area contributed by atoms with Crippen molar-refractivity contribution >= 4 is 11.9 Å². The van der Waals surface area contributed by atoms with Gasteiger partial charge in [0.2, 0.25) is 5.60 Å². The minimum atomic E-state index is -1.26. The van der Waals surface area contributed by atoms with E-state index >= 15 is 0 Å². The molecule has 1 saturated heterocycles.